The van der Waals surface area contributed by atoms with Crippen molar-refractivity contribution in [3.05, 3.63) is 35.5 Å². The standard InChI is InChI=1S/C29H39N3O6/c1-6-36-27(34)23-16-20-17-32(23)26(33)24(29(3,4)5)31-28(35)37-13-9-7-8-10-19-14-18(2)21-11-12-30-25(38-20)22(21)15-19/h11-12,14-15,20,23-24H,6-10,13,16-17H2,1-5H3,(H,31,35)/t20-,23+,24-/m1/s1. The van der Waals surface area contributed by atoms with Crippen LogP contribution < -0.4 is 10.1 Å². The molecule has 206 valence electrons. The third-order valence-corrected chi connectivity index (χ3v) is 7.21. The van der Waals surface area contributed by atoms with Gasteiger partial charge in [-0.3, -0.25) is 4.79 Å². The van der Waals surface area contributed by atoms with Crippen molar-refractivity contribution in [1.29, 1.82) is 0 Å². The minimum absolute atomic E-state index is 0.169. The SMILES string of the molecule is CCOC(=O)[C@@H]1C[C@@H]2CN1C(=O)[C@H](C(C)(C)C)NC(=O)OCCCCCc1cc(C)c3ccnc(c3c1)O2. The van der Waals surface area contributed by atoms with E-state index in [4.69, 9.17) is 14.2 Å². The first-order chi connectivity index (χ1) is 18.1. The van der Waals surface area contributed by atoms with Gasteiger partial charge in [0, 0.05) is 18.0 Å². The molecular weight excluding hydrogens is 486 g/mol. The maximum Gasteiger partial charge on any atom is 0.407 e. The van der Waals surface area contributed by atoms with Crippen LogP contribution in [0.4, 0.5) is 4.79 Å². The van der Waals surface area contributed by atoms with Gasteiger partial charge in [-0.1, -0.05) is 26.8 Å². The molecule has 0 radical (unpaired) electrons. The number of nitrogens with one attached hydrogen (secondary N) is 1. The summed E-state index contributed by atoms with van der Waals surface area (Å²) in [6.07, 6.45) is 4.35. The normalized spacial score (nSPS) is 23.3. The van der Waals surface area contributed by atoms with E-state index in [9.17, 15) is 14.4 Å². The van der Waals surface area contributed by atoms with Gasteiger partial charge in [-0.25, -0.2) is 14.6 Å². The summed E-state index contributed by atoms with van der Waals surface area (Å²) in [6, 6.07) is 4.56. The van der Waals surface area contributed by atoms with Crippen LogP contribution in [0.15, 0.2) is 24.4 Å². The summed E-state index contributed by atoms with van der Waals surface area (Å²) in [5, 5.41) is 4.74. The van der Waals surface area contributed by atoms with Crippen LogP contribution in [0.2, 0.25) is 0 Å². The number of fused-ring (bicyclic) bond motifs is 3. The Morgan fingerprint density at radius 1 is 1.18 bits per heavy atom. The van der Waals surface area contributed by atoms with Crippen molar-refractivity contribution in [3.8, 4) is 5.88 Å². The number of aromatic nitrogens is 1. The van der Waals surface area contributed by atoms with Gasteiger partial charge in [-0.15, -0.1) is 0 Å². The Morgan fingerprint density at radius 3 is 2.71 bits per heavy atom. The molecule has 0 aliphatic carbocycles. The summed E-state index contributed by atoms with van der Waals surface area (Å²) in [5.41, 5.74) is 1.70. The summed E-state index contributed by atoms with van der Waals surface area (Å²) in [7, 11) is 0. The van der Waals surface area contributed by atoms with Crippen molar-refractivity contribution in [1.82, 2.24) is 15.2 Å². The second-order valence-corrected chi connectivity index (χ2v) is 11.2. The van der Waals surface area contributed by atoms with Gasteiger partial charge >= 0.3 is 12.1 Å². The molecule has 1 aromatic heterocycles. The molecule has 0 saturated carbocycles. The quantitative estimate of drug-likeness (QED) is 0.582. The summed E-state index contributed by atoms with van der Waals surface area (Å²) in [5.74, 6) is -0.370. The van der Waals surface area contributed by atoms with Crippen molar-refractivity contribution in [2.75, 3.05) is 19.8 Å². The number of amides is 2. The van der Waals surface area contributed by atoms with E-state index in [1.165, 1.54) is 10.5 Å². The first-order valence-corrected chi connectivity index (χ1v) is 13.5. The zero-order chi connectivity index (χ0) is 27.4. The highest BCUT2D eigenvalue weighted by atomic mass is 16.5. The molecule has 4 bridgehead atoms. The summed E-state index contributed by atoms with van der Waals surface area (Å²) >= 11 is 0. The highest BCUT2D eigenvalue weighted by Crippen LogP contribution is 2.32. The number of ether oxygens (including phenoxy) is 3. The molecule has 2 amide bonds. The minimum atomic E-state index is -0.898. The molecule has 3 heterocycles. The van der Waals surface area contributed by atoms with Gasteiger partial charge in [0.2, 0.25) is 11.8 Å². The van der Waals surface area contributed by atoms with E-state index < -0.39 is 35.7 Å². The highest BCUT2D eigenvalue weighted by Gasteiger charge is 2.46. The van der Waals surface area contributed by atoms with Gasteiger partial charge in [0.25, 0.3) is 0 Å². The van der Waals surface area contributed by atoms with Crippen LogP contribution in [0, 0.1) is 12.3 Å². The number of hydrogen-bond acceptors (Lipinski definition) is 7. The van der Waals surface area contributed by atoms with E-state index >= 15 is 0 Å². The van der Waals surface area contributed by atoms with Crippen LogP contribution in [-0.2, 0) is 25.5 Å². The molecule has 4 rings (SSSR count). The molecule has 1 fully saturated rings. The molecule has 9 heteroatoms. The number of alkyl carbamates (subject to hydrolysis) is 1. The van der Waals surface area contributed by atoms with Gasteiger partial charge in [-0.05, 0) is 73.6 Å². The van der Waals surface area contributed by atoms with Crippen molar-refractivity contribution >= 4 is 28.7 Å². The Hall–Kier alpha value is -3.36. The first-order valence-electron chi connectivity index (χ1n) is 13.5. The predicted octanol–water partition coefficient (Wildman–Crippen LogP) is 4.32. The number of pyridine rings is 1. The van der Waals surface area contributed by atoms with Gasteiger partial charge in [0.05, 0.1) is 19.8 Å². The molecule has 1 N–H and O–H groups in total. The Kier molecular flexibility index (Phi) is 8.43. The molecule has 2 aliphatic rings. The smallest absolute Gasteiger partial charge is 0.407 e. The molecular formula is C29H39N3O6. The van der Waals surface area contributed by atoms with Crippen molar-refractivity contribution < 1.29 is 28.6 Å². The second-order valence-electron chi connectivity index (χ2n) is 11.2. The molecule has 3 atom stereocenters. The van der Waals surface area contributed by atoms with E-state index in [0.717, 1.165) is 42.0 Å². The molecule has 2 aliphatic heterocycles. The summed E-state index contributed by atoms with van der Waals surface area (Å²) in [6.45, 7) is 10.0. The van der Waals surface area contributed by atoms with E-state index in [1.807, 2.05) is 26.8 Å². The van der Waals surface area contributed by atoms with Crippen LogP contribution in [0.25, 0.3) is 10.8 Å². The zero-order valence-electron chi connectivity index (χ0n) is 23.0. The van der Waals surface area contributed by atoms with Crippen molar-refractivity contribution in [2.45, 2.75) is 84.9 Å². The number of carbonyl (C=O) groups is 3. The molecule has 0 spiro atoms. The third-order valence-electron chi connectivity index (χ3n) is 7.21. The zero-order valence-corrected chi connectivity index (χ0v) is 23.0. The maximum absolute atomic E-state index is 13.9. The van der Waals surface area contributed by atoms with E-state index in [0.29, 0.717) is 5.88 Å². The van der Waals surface area contributed by atoms with Crippen LogP contribution in [0.1, 0.15) is 64.5 Å². The number of carbonyl (C=O) groups excluding carboxylic acids is 3. The first kappa shape index (κ1) is 27.7. The minimum Gasteiger partial charge on any atom is -0.472 e. The average molecular weight is 526 g/mol. The number of cyclic esters (lactones) is 1. The molecule has 2 aromatic rings. The lowest BCUT2D eigenvalue weighted by molar-refractivity contribution is -0.154. The lowest BCUT2D eigenvalue weighted by Crippen LogP contribution is -2.57. The number of esters is 1. The van der Waals surface area contributed by atoms with Crippen molar-refractivity contribution in [2.24, 2.45) is 5.41 Å². The lowest BCUT2D eigenvalue weighted by Gasteiger charge is -2.34. The Balaban J connectivity index is 1.73. The number of hydrogen-bond donors (Lipinski definition) is 1. The molecule has 0 unspecified atom stereocenters. The third kappa shape index (κ3) is 6.19. The number of benzene rings is 1. The number of rotatable bonds is 2. The highest BCUT2D eigenvalue weighted by molar-refractivity contribution is 5.91. The van der Waals surface area contributed by atoms with E-state index in [-0.39, 0.29) is 32.1 Å². The van der Waals surface area contributed by atoms with Gasteiger partial charge < -0.3 is 24.4 Å². The molecule has 1 aromatic carbocycles. The molecule has 38 heavy (non-hydrogen) atoms. The Labute approximate surface area is 224 Å². The topological polar surface area (TPSA) is 107 Å². The summed E-state index contributed by atoms with van der Waals surface area (Å²) in [4.78, 5) is 45.4. The number of aryl methyl sites for hydroxylation is 2. The summed E-state index contributed by atoms with van der Waals surface area (Å²) < 4.78 is 17.1. The van der Waals surface area contributed by atoms with Gasteiger partial charge in [0.1, 0.15) is 18.2 Å². The van der Waals surface area contributed by atoms with Gasteiger partial charge in [0.15, 0.2) is 0 Å². The molecule has 9 nitrogen and oxygen atoms in total. The predicted molar refractivity (Wildman–Crippen MR) is 143 cm³/mol. The maximum atomic E-state index is 13.9. The second kappa shape index (κ2) is 11.6. The van der Waals surface area contributed by atoms with E-state index in [1.54, 1.807) is 13.1 Å². The Bertz CT molecular complexity index is 1190. The van der Waals surface area contributed by atoms with Crippen LogP contribution in [-0.4, -0.2) is 65.8 Å². The van der Waals surface area contributed by atoms with Crippen molar-refractivity contribution in [3.63, 3.8) is 0 Å². The largest absolute Gasteiger partial charge is 0.472 e. The lowest BCUT2D eigenvalue weighted by atomic mass is 9.85. The van der Waals surface area contributed by atoms with Crippen LogP contribution in [0.3, 0.4) is 0 Å². The molecule has 1 saturated heterocycles. The van der Waals surface area contributed by atoms with Crippen LogP contribution >= 0.6 is 0 Å². The monoisotopic (exact) mass is 525 g/mol. The number of nitrogens with zero attached hydrogens (tertiary/aromatic N) is 2. The fourth-order valence-corrected chi connectivity index (χ4v) is 5.25. The van der Waals surface area contributed by atoms with Gasteiger partial charge in [-0.2, -0.15) is 0 Å². The van der Waals surface area contributed by atoms with Crippen LogP contribution in [0.5, 0.6) is 5.88 Å². The Morgan fingerprint density at radius 2 is 1.97 bits per heavy atom. The fourth-order valence-electron chi connectivity index (χ4n) is 5.25. The average Bonchev–Trinajstić information content (AvgIpc) is 3.28. The van der Waals surface area contributed by atoms with E-state index in [2.05, 4.69) is 29.4 Å². The fraction of sp³-hybridized carbons (Fsp3) is 0.586.